The standard InChI is InChI=1S/C15H23N3O2/c1-17(2)12-6-8-18(9-7-12)15(19)11-4-5-14(20-3)13(16)10-11/h4-5,10,12H,6-9,16H2,1-3H3. The number of benzene rings is 1. The third-order valence-corrected chi connectivity index (χ3v) is 3.96. The number of rotatable bonds is 3. The first-order valence-electron chi connectivity index (χ1n) is 6.92. The molecule has 20 heavy (non-hydrogen) atoms. The Kier molecular flexibility index (Phi) is 4.49. The van der Waals surface area contributed by atoms with E-state index >= 15 is 0 Å². The normalized spacial score (nSPS) is 16.5. The summed E-state index contributed by atoms with van der Waals surface area (Å²) < 4.78 is 5.11. The van der Waals surface area contributed by atoms with Crippen molar-refractivity contribution in [1.82, 2.24) is 9.80 Å². The average Bonchev–Trinajstić information content (AvgIpc) is 2.46. The second-order valence-electron chi connectivity index (χ2n) is 5.44. The van der Waals surface area contributed by atoms with Gasteiger partial charge in [-0.2, -0.15) is 0 Å². The Morgan fingerprint density at radius 2 is 2.00 bits per heavy atom. The van der Waals surface area contributed by atoms with E-state index in [0.29, 0.717) is 23.0 Å². The number of ether oxygens (including phenoxy) is 1. The number of amides is 1. The van der Waals surface area contributed by atoms with Crippen LogP contribution >= 0.6 is 0 Å². The number of hydrogen-bond donors (Lipinski definition) is 1. The highest BCUT2D eigenvalue weighted by atomic mass is 16.5. The van der Waals surface area contributed by atoms with E-state index in [1.165, 1.54) is 0 Å². The molecule has 0 bridgehead atoms. The molecule has 0 atom stereocenters. The molecule has 0 radical (unpaired) electrons. The number of nitrogen functional groups attached to an aromatic ring is 1. The number of carbonyl (C=O) groups excluding carboxylic acids is 1. The molecule has 1 heterocycles. The topological polar surface area (TPSA) is 58.8 Å². The third kappa shape index (κ3) is 3.04. The van der Waals surface area contributed by atoms with Crippen molar-refractivity contribution >= 4 is 11.6 Å². The molecule has 5 heteroatoms. The molecule has 0 spiro atoms. The summed E-state index contributed by atoms with van der Waals surface area (Å²) in [6.45, 7) is 1.60. The maximum atomic E-state index is 12.4. The molecule has 1 aromatic carbocycles. The lowest BCUT2D eigenvalue weighted by molar-refractivity contribution is 0.0663. The number of anilines is 1. The third-order valence-electron chi connectivity index (χ3n) is 3.96. The molecule has 1 saturated heterocycles. The largest absolute Gasteiger partial charge is 0.495 e. The molecule has 0 saturated carbocycles. The summed E-state index contributed by atoms with van der Waals surface area (Å²) in [6, 6.07) is 5.78. The number of hydrogen-bond acceptors (Lipinski definition) is 4. The van der Waals surface area contributed by atoms with Gasteiger partial charge in [0.1, 0.15) is 5.75 Å². The summed E-state index contributed by atoms with van der Waals surface area (Å²) >= 11 is 0. The maximum Gasteiger partial charge on any atom is 0.253 e. The molecule has 5 nitrogen and oxygen atoms in total. The van der Waals surface area contributed by atoms with E-state index in [-0.39, 0.29) is 5.91 Å². The maximum absolute atomic E-state index is 12.4. The van der Waals surface area contributed by atoms with Gasteiger partial charge in [0.15, 0.2) is 0 Å². The van der Waals surface area contributed by atoms with Gasteiger partial charge in [-0.05, 0) is 45.1 Å². The summed E-state index contributed by atoms with van der Waals surface area (Å²) in [5.41, 5.74) is 6.99. The molecule has 1 fully saturated rings. The molecule has 1 aliphatic heterocycles. The lowest BCUT2D eigenvalue weighted by Gasteiger charge is -2.35. The molecule has 1 aliphatic rings. The second kappa shape index (κ2) is 6.13. The smallest absolute Gasteiger partial charge is 0.253 e. The minimum absolute atomic E-state index is 0.0524. The van der Waals surface area contributed by atoms with Crippen LogP contribution in [0.4, 0.5) is 5.69 Å². The van der Waals surface area contributed by atoms with Gasteiger partial charge in [0.2, 0.25) is 0 Å². The van der Waals surface area contributed by atoms with Crippen molar-refractivity contribution in [2.75, 3.05) is 40.0 Å². The molecule has 2 N–H and O–H groups in total. The quantitative estimate of drug-likeness (QED) is 0.849. The minimum Gasteiger partial charge on any atom is -0.495 e. The predicted octanol–water partition coefficient (Wildman–Crippen LogP) is 1.44. The Hall–Kier alpha value is -1.75. The summed E-state index contributed by atoms with van der Waals surface area (Å²) in [7, 11) is 5.75. The van der Waals surface area contributed by atoms with Gasteiger partial charge >= 0.3 is 0 Å². The van der Waals surface area contributed by atoms with E-state index in [0.717, 1.165) is 25.9 Å². The fourth-order valence-corrected chi connectivity index (χ4v) is 2.64. The van der Waals surface area contributed by atoms with E-state index in [2.05, 4.69) is 19.0 Å². The van der Waals surface area contributed by atoms with Crippen molar-refractivity contribution in [3.8, 4) is 5.75 Å². The van der Waals surface area contributed by atoms with Crippen LogP contribution in [-0.4, -0.2) is 56.0 Å². The van der Waals surface area contributed by atoms with E-state index in [1.807, 2.05) is 4.90 Å². The van der Waals surface area contributed by atoms with E-state index < -0.39 is 0 Å². The van der Waals surface area contributed by atoms with Crippen LogP contribution in [-0.2, 0) is 0 Å². The summed E-state index contributed by atoms with van der Waals surface area (Å²) in [6.07, 6.45) is 2.04. The highest BCUT2D eigenvalue weighted by Gasteiger charge is 2.24. The van der Waals surface area contributed by atoms with Crippen molar-refractivity contribution in [3.63, 3.8) is 0 Å². The highest BCUT2D eigenvalue weighted by molar-refractivity contribution is 5.95. The van der Waals surface area contributed by atoms with Crippen molar-refractivity contribution in [2.45, 2.75) is 18.9 Å². The van der Waals surface area contributed by atoms with Crippen molar-refractivity contribution in [3.05, 3.63) is 23.8 Å². The number of methoxy groups -OCH3 is 1. The van der Waals surface area contributed by atoms with Crippen molar-refractivity contribution in [2.24, 2.45) is 0 Å². The molecular weight excluding hydrogens is 254 g/mol. The van der Waals surface area contributed by atoms with Gasteiger partial charge in [0.05, 0.1) is 12.8 Å². The number of likely N-dealkylation sites (tertiary alicyclic amines) is 1. The van der Waals surface area contributed by atoms with E-state index in [1.54, 1.807) is 25.3 Å². The first-order chi connectivity index (χ1) is 9.52. The van der Waals surface area contributed by atoms with Crippen LogP contribution in [0.25, 0.3) is 0 Å². The molecule has 0 aliphatic carbocycles. The van der Waals surface area contributed by atoms with Gasteiger partial charge in [-0.15, -0.1) is 0 Å². The van der Waals surface area contributed by atoms with Crippen LogP contribution in [0.2, 0.25) is 0 Å². The number of nitrogens with two attached hydrogens (primary N) is 1. The monoisotopic (exact) mass is 277 g/mol. The van der Waals surface area contributed by atoms with Crippen molar-refractivity contribution in [1.29, 1.82) is 0 Å². The summed E-state index contributed by atoms with van der Waals surface area (Å²) in [5.74, 6) is 0.657. The van der Waals surface area contributed by atoms with E-state index in [9.17, 15) is 4.79 Å². The van der Waals surface area contributed by atoms with Crippen LogP contribution in [0.5, 0.6) is 5.75 Å². The van der Waals surface area contributed by atoms with Gasteiger partial charge in [0, 0.05) is 24.7 Å². The van der Waals surface area contributed by atoms with Crippen molar-refractivity contribution < 1.29 is 9.53 Å². The molecule has 0 unspecified atom stereocenters. The minimum atomic E-state index is 0.0524. The first-order valence-corrected chi connectivity index (χ1v) is 6.92. The van der Waals surface area contributed by atoms with Gasteiger partial charge in [-0.3, -0.25) is 4.79 Å². The lowest BCUT2D eigenvalue weighted by atomic mass is 10.0. The number of nitrogens with zero attached hydrogens (tertiary/aromatic N) is 2. The zero-order valence-electron chi connectivity index (χ0n) is 12.4. The SMILES string of the molecule is COc1ccc(C(=O)N2CCC(N(C)C)CC2)cc1N. The van der Waals surface area contributed by atoms with E-state index in [4.69, 9.17) is 10.5 Å². The molecule has 0 aromatic heterocycles. The average molecular weight is 277 g/mol. The highest BCUT2D eigenvalue weighted by Crippen LogP contribution is 2.24. The Labute approximate surface area is 120 Å². The van der Waals surface area contributed by atoms with Crippen LogP contribution in [0.1, 0.15) is 23.2 Å². The van der Waals surface area contributed by atoms with Crippen LogP contribution in [0.15, 0.2) is 18.2 Å². The Morgan fingerprint density at radius 1 is 1.35 bits per heavy atom. The number of piperidine rings is 1. The van der Waals surface area contributed by atoms with Gasteiger partial charge < -0.3 is 20.3 Å². The van der Waals surface area contributed by atoms with Crippen LogP contribution < -0.4 is 10.5 Å². The lowest BCUT2D eigenvalue weighted by Crippen LogP contribution is -2.44. The zero-order valence-corrected chi connectivity index (χ0v) is 12.4. The molecule has 1 amide bonds. The first kappa shape index (κ1) is 14.7. The van der Waals surface area contributed by atoms with Gasteiger partial charge in [-0.25, -0.2) is 0 Å². The molecule has 110 valence electrons. The van der Waals surface area contributed by atoms with Crippen LogP contribution in [0.3, 0.4) is 0 Å². The van der Waals surface area contributed by atoms with Crippen LogP contribution in [0, 0.1) is 0 Å². The number of carbonyl (C=O) groups is 1. The zero-order chi connectivity index (χ0) is 14.7. The van der Waals surface area contributed by atoms with Gasteiger partial charge in [-0.1, -0.05) is 0 Å². The molecular formula is C15H23N3O2. The Morgan fingerprint density at radius 3 is 2.50 bits per heavy atom. The van der Waals surface area contributed by atoms with Gasteiger partial charge in [0.25, 0.3) is 5.91 Å². The Balaban J connectivity index is 2.04. The summed E-state index contributed by atoms with van der Waals surface area (Å²) in [4.78, 5) is 16.6. The molecule has 1 aromatic rings. The fraction of sp³-hybridized carbons (Fsp3) is 0.533. The predicted molar refractivity (Wildman–Crippen MR) is 80.0 cm³/mol. The second-order valence-corrected chi connectivity index (χ2v) is 5.44. The summed E-state index contributed by atoms with van der Waals surface area (Å²) in [5, 5.41) is 0. The fourth-order valence-electron chi connectivity index (χ4n) is 2.64. The molecule has 2 rings (SSSR count). The Bertz CT molecular complexity index is 480.